The Bertz CT molecular complexity index is 708. The van der Waals surface area contributed by atoms with Crippen molar-refractivity contribution in [2.45, 2.75) is 56.6 Å². The van der Waals surface area contributed by atoms with Crippen molar-refractivity contribution >= 4 is 40.2 Å². The third-order valence-electron chi connectivity index (χ3n) is 4.51. The normalized spacial score (nSPS) is 23.0. The SMILES string of the molecule is O=C([O-])CC1S/C(=N\N=C2CCCCCCC2)N(c2ccccc2)C1=O. The van der Waals surface area contributed by atoms with Gasteiger partial charge in [0.25, 0.3) is 0 Å². The average Bonchev–Trinajstić information content (AvgIpc) is 2.90. The molecule has 0 aromatic heterocycles. The first kappa shape index (κ1) is 18.6. The summed E-state index contributed by atoms with van der Waals surface area (Å²) in [7, 11) is 0. The Labute approximate surface area is 157 Å². The van der Waals surface area contributed by atoms with Crippen LogP contribution in [0.15, 0.2) is 40.5 Å². The molecule has 1 aromatic carbocycles. The van der Waals surface area contributed by atoms with E-state index in [1.807, 2.05) is 18.2 Å². The number of carbonyl (C=O) groups excluding carboxylic acids is 2. The van der Waals surface area contributed by atoms with Crippen LogP contribution in [0.4, 0.5) is 5.69 Å². The maximum atomic E-state index is 12.7. The van der Waals surface area contributed by atoms with E-state index in [0.717, 1.165) is 43.2 Å². The maximum Gasteiger partial charge on any atom is 0.247 e. The number of amidine groups is 1. The van der Waals surface area contributed by atoms with Crippen LogP contribution in [-0.4, -0.2) is 28.0 Å². The number of aliphatic carboxylic acids is 1. The van der Waals surface area contributed by atoms with E-state index in [-0.39, 0.29) is 12.3 Å². The Morgan fingerprint density at radius 1 is 1.08 bits per heavy atom. The van der Waals surface area contributed by atoms with Crippen molar-refractivity contribution in [3.8, 4) is 0 Å². The maximum absolute atomic E-state index is 12.7. The van der Waals surface area contributed by atoms with Gasteiger partial charge in [0.15, 0.2) is 5.17 Å². The molecule has 0 N–H and O–H groups in total. The lowest BCUT2D eigenvalue weighted by Crippen LogP contribution is -2.35. The number of hydrogen-bond acceptors (Lipinski definition) is 6. The fourth-order valence-electron chi connectivity index (χ4n) is 3.16. The predicted octanol–water partition coefficient (Wildman–Crippen LogP) is 2.73. The molecule has 1 amide bonds. The number of anilines is 1. The molecule has 1 atom stereocenters. The van der Waals surface area contributed by atoms with Crippen LogP contribution in [0.5, 0.6) is 0 Å². The second-order valence-electron chi connectivity index (χ2n) is 6.51. The molecule has 7 heteroatoms. The van der Waals surface area contributed by atoms with E-state index in [1.54, 1.807) is 12.1 Å². The van der Waals surface area contributed by atoms with Crippen molar-refractivity contribution in [2.24, 2.45) is 10.2 Å². The van der Waals surface area contributed by atoms with Gasteiger partial charge in [-0.15, -0.1) is 5.10 Å². The van der Waals surface area contributed by atoms with Crippen LogP contribution in [0.1, 0.15) is 51.4 Å². The molecule has 6 nitrogen and oxygen atoms in total. The quantitative estimate of drug-likeness (QED) is 0.761. The van der Waals surface area contributed by atoms with Crippen LogP contribution in [0, 0.1) is 0 Å². The molecule has 1 aliphatic carbocycles. The molecule has 0 bridgehead atoms. The zero-order valence-corrected chi connectivity index (χ0v) is 15.4. The van der Waals surface area contributed by atoms with Crippen LogP contribution in [0.2, 0.25) is 0 Å². The fraction of sp³-hybridized carbons (Fsp3) is 0.474. The Morgan fingerprint density at radius 3 is 2.38 bits per heavy atom. The number of para-hydroxylation sites is 1. The van der Waals surface area contributed by atoms with Gasteiger partial charge in [-0.2, -0.15) is 5.10 Å². The first-order chi connectivity index (χ1) is 12.6. The highest BCUT2D eigenvalue weighted by molar-refractivity contribution is 8.16. The number of carbonyl (C=O) groups is 2. The molecular formula is C19H22N3O3S-. The standard InChI is InChI=1S/C19H23N3O3S/c23-17(24)13-16-18(25)22(15-11-7-4-8-12-15)19(26-16)21-20-14-9-5-2-1-3-6-10-14/h4,7-8,11-12,16H,1-3,5-6,9-10,13H2,(H,23,24)/p-1/b21-19-. The topological polar surface area (TPSA) is 85.2 Å². The molecule has 0 spiro atoms. The van der Waals surface area contributed by atoms with Crippen molar-refractivity contribution in [2.75, 3.05) is 4.90 Å². The van der Waals surface area contributed by atoms with Gasteiger partial charge in [0.1, 0.15) is 0 Å². The van der Waals surface area contributed by atoms with E-state index in [1.165, 1.54) is 24.2 Å². The number of amides is 1. The zero-order chi connectivity index (χ0) is 18.4. The van der Waals surface area contributed by atoms with E-state index in [9.17, 15) is 14.7 Å². The lowest BCUT2D eigenvalue weighted by Gasteiger charge is -2.16. The van der Waals surface area contributed by atoms with Gasteiger partial charge >= 0.3 is 0 Å². The van der Waals surface area contributed by atoms with E-state index < -0.39 is 11.2 Å². The molecule has 1 unspecified atom stereocenters. The minimum Gasteiger partial charge on any atom is -0.550 e. The van der Waals surface area contributed by atoms with Crippen molar-refractivity contribution in [3.63, 3.8) is 0 Å². The van der Waals surface area contributed by atoms with Crippen molar-refractivity contribution in [1.29, 1.82) is 0 Å². The number of rotatable bonds is 4. The number of nitrogens with zero attached hydrogens (tertiary/aromatic N) is 3. The molecule has 1 aliphatic heterocycles. The van der Waals surface area contributed by atoms with Crippen LogP contribution in [0.3, 0.4) is 0 Å². The molecule has 3 rings (SSSR count). The molecule has 138 valence electrons. The van der Waals surface area contributed by atoms with E-state index in [2.05, 4.69) is 10.2 Å². The van der Waals surface area contributed by atoms with Crippen molar-refractivity contribution in [3.05, 3.63) is 30.3 Å². The molecule has 1 saturated carbocycles. The predicted molar refractivity (Wildman–Crippen MR) is 102 cm³/mol. The van der Waals surface area contributed by atoms with Gasteiger partial charge in [-0.1, -0.05) is 49.2 Å². The van der Waals surface area contributed by atoms with Crippen LogP contribution >= 0.6 is 11.8 Å². The van der Waals surface area contributed by atoms with Crippen molar-refractivity contribution in [1.82, 2.24) is 0 Å². The Hall–Kier alpha value is -2.15. The second kappa shape index (κ2) is 8.98. The minimum atomic E-state index is -1.24. The third kappa shape index (κ3) is 4.72. The summed E-state index contributed by atoms with van der Waals surface area (Å²) >= 11 is 1.15. The van der Waals surface area contributed by atoms with Crippen LogP contribution < -0.4 is 10.0 Å². The summed E-state index contributed by atoms with van der Waals surface area (Å²) in [4.78, 5) is 25.1. The lowest BCUT2D eigenvalue weighted by molar-refractivity contribution is -0.305. The largest absolute Gasteiger partial charge is 0.550 e. The van der Waals surface area contributed by atoms with Gasteiger partial charge in [0.05, 0.1) is 10.9 Å². The number of benzene rings is 1. The summed E-state index contributed by atoms with van der Waals surface area (Å²) < 4.78 is 0. The van der Waals surface area contributed by atoms with E-state index in [0.29, 0.717) is 10.9 Å². The molecule has 26 heavy (non-hydrogen) atoms. The second-order valence-corrected chi connectivity index (χ2v) is 7.68. The number of hydrogen-bond donors (Lipinski definition) is 0. The van der Waals surface area contributed by atoms with Gasteiger partial charge < -0.3 is 9.90 Å². The van der Waals surface area contributed by atoms with Gasteiger partial charge in [0.2, 0.25) is 5.91 Å². The summed E-state index contributed by atoms with van der Waals surface area (Å²) in [5.41, 5.74) is 1.73. The molecule has 2 aliphatic rings. The van der Waals surface area contributed by atoms with Crippen LogP contribution in [0.25, 0.3) is 0 Å². The van der Waals surface area contributed by atoms with E-state index >= 15 is 0 Å². The minimum absolute atomic E-state index is 0.290. The fourth-order valence-corrected chi connectivity index (χ4v) is 4.23. The van der Waals surface area contributed by atoms with Gasteiger partial charge in [-0.05, 0) is 37.8 Å². The van der Waals surface area contributed by atoms with Crippen molar-refractivity contribution < 1.29 is 14.7 Å². The molecule has 0 radical (unpaired) electrons. The zero-order valence-electron chi connectivity index (χ0n) is 14.6. The molecular weight excluding hydrogens is 350 g/mol. The lowest BCUT2D eigenvalue weighted by atomic mass is 9.99. The molecule has 1 aromatic rings. The number of carboxylic acid groups (broad SMARTS) is 1. The van der Waals surface area contributed by atoms with E-state index in [4.69, 9.17) is 0 Å². The number of thioether (sulfide) groups is 1. The van der Waals surface area contributed by atoms with Gasteiger partial charge in [-0.25, -0.2) is 0 Å². The third-order valence-corrected chi connectivity index (χ3v) is 5.64. The monoisotopic (exact) mass is 372 g/mol. The van der Waals surface area contributed by atoms with Gasteiger partial charge in [0, 0.05) is 18.1 Å². The molecule has 2 fully saturated rings. The smallest absolute Gasteiger partial charge is 0.247 e. The summed E-state index contributed by atoms with van der Waals surface area (Å²) in [6, 6.07) is 9.13. The highest BCUT2D eigenvalue weighted by Gasteiger charge is 2.39. The Morgan fingerprint density at radius 2 is 1.73 bits per heavy atom. The van der Waals surface area contributed by atoms with Gasteiger partial charge in [-0.3, -0.25) is 9.69 Å². The first-order valence-corrected chi connectivity index (χ1v) is 9.92. The highest BCUT2D eigenvalue weighted by Crippen LogP contribution is 2.33. The summed E-state index contributed by atoms with van der Waals surface area (Å²) in [6.07, 6.45) is 7.48. The Balaban J connectivity index is 1.86. The first-order valence-electron chi connectivity index (χ1n) is 9.04. The summed E-state index contributed by atoms with van der Waals surface area (Å²) in [6.45, 7) is 0. The van der Waals surface area contributed by atoms with Crippen LogP contribution in [-0.2, 0) is 9.59 Å². The number of carboxylic acids is 1. The molecule has 1 heterocycles. The summed E-state index contributed by atoms with van der Waals surface area (Å²) in [5, 5.41) is 19.4. The summed E-state index contributed by atoms with van der Waals surface area (Å²) in [5.74, 6) is -1.53. The Kier molecular flexibility index (Phi) is 6.44. The highest BCUT2D eigenvalue weighted by atomic mass is 32.2. The molecule has 1 saturated heterocycles. The average molecular weight is 372 g/mol.